The number of carbonyl (C=O) groups is 1. The van der Waals surface area contributed by atoms with E-state index in [-0.39, 0.29) is 5.54 Å². The summed E-state index contributed by atoms with van der Waals surface area (Å²) in [5.74, 6) is 1.07. The smallest absolute Gasteiger partial charge is 0.223 e. The molecule has 0 saturated carbocycles. The van der Waals surface area contributed by atoms with Gasteiger partial charge in [-0.3, -0.25) is 4.79 Å². The van der Waals surface area contributed by atoms with Crippen LogP contribution in [0.4, 0.5) is 0 Å². The van der Waals surface area contributed by atoms with E-state index in [1.165, 1.54) is 37.1 Å². The minimum Gasteiger partial charge on any atom is -0.333 e. The maximum absolute atomic E-state index is 12.6. The molecular weight excluding hydrogens is 296 g/mol. The van der Waals surface area contributed by atoms with Crippen molar-refractivity contribution in [1.29, 1.82) is 0 Å². The van der Waals surface area contributed by atoms with E-state index in [9.17, 15) is 4.79 Å². The van der Waals surface area contributed by atoms with Gasteiger partial charge in [-0.15, -0.1) is 0 Å². The van der Waals surface area contributed by atoms with Gasteiger partial charge in [0.2, 0.25) is 5.91 Å². The Morgan fingerprint density at radius 2 is 1.83 bits per heavy atom. The van der Waals surface area contributed by atoms with Crippen molar-refractivity contribution < 1.29 is 4.79 Å². The first-order valence-electron chi connectivity index (χ1n) is 9.57. The Labute approximate surface area is 147 Å². The molecule has 0 bridgehead atoms. The van der Waals surface area contributed by atoms with Gasteiger partial charge in [0, 0.05) is 31.6 Å². The quantitative estimate of drug-likeness (QED) is 0.834. The van der Waals surface area contributed by atoms with Gasteiger partial charge >= 0.3 is 0 Å². The van der Waals surface area contributed by atoms with E-state index in [1.807, 2.05) is 0 Å². The van der Waals surface area contributed by atoms with Crippen LogP contribution < -0.4 is 0 Å². The Morgan fingerprint density at radius 3 is 2.54 bits per heavy atom. The van der Waals surface area contributed by atoms with Crippen molar-refractivity contribution >= 4 is 5.91 Å². The van der Waals surface area contributed by atoms with Crippen LogP contribution in [-0.4, -0.2) is 40.9 Å². The molecule has 0 radical (unpaired) electrons. The number of hydrogen-bond acceptors (Lipinski definition) is 2. The molecule has 1 aromatic rings. The monoisotopic (exact) mass is 328 g/mol. The summed E-state index contributed by atoms with van der Waals surface area (Å²) in [6.07, 6.45) is 5.30. The predicted octanol–water partition coefficient (Wildman–Crippen LogP) is 4.00. The van der Waals surface area contributed by atoms with E-state index in [0.717, 1.165) is 32.4 Å². The van der Waals surface area contributed by atoms with Crippen molar-refractivity contribution in [1.82, 2.24) is 9.80 Å². The van der Waals surface area contributed by atoms with Gasteiger partial charge in [0.15, 0.2) is 0 Å². The summed E-state index contributed by atoms with van der Waals surface area (Å²) in [6, 6.07) is 8.66. The Kier molecular flexibility index (Phi) is 5.29. The minimum absolute atomic E-state index is 0.105. The fourth-order valence-corrected chi connectivity index (χ4v) is 4.46. The summed E-state index contributed by atoms with van der Waals surface area (Å²) >= 11 is 0. The molecule has 2 saturated heterocycles. The SMILES string of the molecule is Cc1ccc(CN2C(=O)CC[C@@]23CCCN(CC(C)C)CC3)cc1. The highest BCUT2D eigenvalue weighted by atomic mass is 16.2. The topological polar surface area (TPSA) is 23.6 Å². The number of rotatable bonds is 4. The molecule has 0 unspecified atom stereocenters. The Morgan fingerprint density at radius 1 is 1.08 bits per heavy atom. The lowest BCUT2D eigenvalue weighted by atomic mass is 9.87. The molecule has 0 aromatic heterocycles. The lowest BCUT2D eigenvalue weighted by Gasteiger charge is -2.38. The fraction of sp³-hybridized carbons (Fsp3) is 0.667. The number of hydrogen-bond donors (Lipinski definition) is 0. The normalized spacial score (nSPS) is 25.7. The van der Waals surface area contributed by atoms with Gasteiger partial charge in [0.1, 0.15) is 0 Å². The summed E-state index contributed by atoms with van der Waals surface area (Å²) in [7, 11) is 0. The van der Waals surface area contributed by atoms with E-state index in [0.29, 0.717) is 11.8 Å². The van der Waals surface area contributed by atoms with E-state index in [2.05, 4.69) is 54.8 Å². The predicted molar refractivity (Wildman–Crippen MR) is 98.8 cm³/mol. The first-order chi connectivity index (χ1) is 11.5. The molecule has 0 aliphatic carbocycles. The fourth-order valence-electron chi connectivity index (χ4n) is 4.46. The standard InChI is InChI=1S/C21H32N2O/c1-17(2)15-22-13-4-10-21(12-14-22)11-9-20(24)23(21)16-19-7-5-18(3)6-8-19/h5-8,17H,4,9-16H2,1-3H3/t21-/m1/s1. The molecule has 24 heavy (non-hydrogen) atoms. The van der Waals surface area contributed by atoms with E-state index < -0.39 is 0 Å². The second kappa shape index (κ2) is 7.26. The average Bonchev–Trinajstić information content (AvgIpc) is 2.71. The van der Waals surface area contributed by atoms with Gasteiger partial charge < -0.3 is 9.80 Å². The number of likely N-dealkylation sites (tertiary alicyclic amines) is 2. The second-order valence-electron chi connectivity index (χ2n) is 8.24. The summed E-state index contributed by atoms with van der Waals surface area (Å²) in [5.41, 5.74) is 2.65. The van der Waals surface area contributed by atoms with Gasteiger partial charge in [0.05, 0.1) is 0 Å². The molecule has 2 aliphatic heterocycles. The van der Waals surface area contributed by atoms with Gasteiger partial charge in [-0.05, 0) is 50.6 Å². The van der Waals surface area contributed by atoms with Crippen LogP contribution in [0.1, 0.15) is 57.1 Å². The molecule has 3 rings (SSSR count). The summed E-state index contributed by atoms with van der Waals surface area (Å²) < 4.78 is 0. The molecule has 2 heterocycles. The molecule has 0 N–H and O–H groups in total. The molecule has 2 aliphatic rings. The third-order valence-electron chi connectivity index (χ3n) is 5.77. The van der Waals surface area contributed by atoms with Gasteiger partial charge in [-0.2, -0.15) is 0 Å². The number of benzene rings is 1. The first kappa shape index (κ1) is 17.5. The second-order valence-corrected chi connectivity index (χ2v) is 8.24. The van der Waals surface area contributed by atoms with Gasteiger partial charge in [-0.1, -0.05) is 43.7 Å². The minimum atomic E-state index is 0.105. The zero-order valence-electron chi connectivity index (χ0n) is 15.6. The third kappa shape index (κ3) is 3.83. The summed E-state index contributed by atoms with van der Waals surface area (Å²) in [6.45, 7) is 11.0. The van der Waals surface area contributed by atoms with Crippen LogP contribution in [0.15, 0.2) is 24.3 Å². The van der Waals surface area contributed by atoms with Crippen LogP contribution in [0.25, 0.3) is 0 Å². The Balaban J connectivity index is 1.73. The van der Waals surface area contributed by atoms with Gasteiger partial charge in [-0.25, -0.2) is 0 Å². The van der Waals surface area contributed by atoms with Crippen molar-refractivity contribution in [2.24, 2.45) is 5.92 Å². The summed E-state index contributed by atoms with van der Waals surface area (Å²) in [4.78, 5) is 17.4. The molecule has 3 heteroatoms. The van der Waals surface area contributed by atoms with Crippen LogP contribution in [0.5, 0.6) is 0 Å². The number of nitrogens with zero attached hydrogens (tertiary/aromatic N) is 2. The molecule has 1 aromatic carbocycles. The highest BCUT2D eigenvalue weighted by Gasteiger charge is 2.45. The maximum atomic E-state index is 12.6. The average molecular weight is 329 g/mol. The number of amides is 1. The van der Waals surface area contributed by atoms with Crippen molar-refractivity contribution in [2.75, 3.05) is 19.6 Å². The van der Waals surface area contributed by atoms with Crippen LogP contribution in [-0.2, 0) is 11.3 Å². The van der Waals surface area contributed by atoms with Crippen LogP contribution in [0.3, 0.4) is 0 Å². The number of carbonyl (C=O) groups excluding carboxylic acids is 1. The molecule has 1 amide bonds. The van der Waals surface area contributed by atoms with Crippen LogP contribution >= 0.6 is 0 Å². The van der Waals surface area contributed by atoms with Crippen molar-refractivity contribution in [3.8, 4) is 0 Å². The Hall–Kier alpha value is -1.35. The zero-order chi connectivity index (χ0) is 17.2. The molecule has 132 valence electrons. The number of aryl methyl sites for hydroxylation is 1. The van der Waals surface area contributed by atoms with Crippen LogP contribution in [0, 0.1) is 12.8 Å². The Bertz CT molecular complexity index is 566. The van der Waals surface area contributed by atoms with E-state index in [4.69, 9.17) is 0 Å². The maximum Gasteiger partial charge on any atom is 0.223 e. The molecule has 1 spiro atoms. The highest BCUT2D eigenvalue weighted by Crippen LogP contribution is 2.40. The molecule has 1 atom stereocenters. The van der Waals surface area contributed by atoms with Crippen molar-refractivity contribution in [2.45, 2.75) is 65.0 Å². The molecule has 3 nitrogen and oxygen atoms in total. The first-order valence-corrected chi connectivity index (χ1v) is 9.57. The van der Waals surface area contributed by atoms with Crippen LogP contribution in [0.2, 0.25) is 0 Å². The van der Waals surface area contributed by atoms with Gasteiger partial charge in [0.25, 0.3) is 0 Å². The third-order valence-corrected chi connectivity index (χ3v) is 5.77. The lowest BCUT2D eigenvalue weighted by Crippen LogP contribution is -2.46. The van der Waals surface area contributed by atoms with Crippen molar-refractivity contribution in [3.63, 3.8) is 0 Å². The van der Waals surface area contributed by atoms with E-state index in [1.54, 1.807) is 0 Å². The van der Waals surface area contributed by atoms with E-state index >= 15 is 0 Å². The summed E-state index contributed by atoms with van der Waals surface area (Å²) in [5, 5.41) is 0. The zero-order valence-corrected chi connectivity index (χ0v) is 15.6. The lowest BCUT2D eigenvalue weighted by molar-refractivity contribution is -0.132. The largest absolute Gasteiger partial charge is 0.333 e. The van der Waals surface area contributed by atoms with Crippen molar-refractivity contribution in [3.05, 3.63) is 35.4 Å². The molecule has 2 fully saturated rings. The molecular formula is C21H32N2O. The highest BCUT2D eigenvalue weighted by molar-refractivity contribution is 5.79.